The van der Waals surface area contributed by atoms with Crippen LogP contribution in [-0.2, 0) is 6.54 Å². The van der Waals surface area contributed by atoms with Crippen LogP contribution in [0, 0.1) is 5.92 Å². The summed E-state index contributed by atoms with van der Waals surface area (Å²) >= 11 is 3.05. The highest BCUT2D eigenvalue weighted by Gasteiger charge is 2.33. The highest BCUT2D eigenvalue weighted by atomic mass is 32.2. The molecule has 0 saturated heterocycles. The predicted molar refractivity (Wildman–Crippen MR) is 83.5 cm³/mol. The highest BCUT2D eigenvalue weighted by molar-refractivity contribution is 7.99. The van der Waals surface area contributed by atoms with Crippen LogP contribution < -0.4 is 11.1 Å². The largest absolute Gasteiger partial charge is 0.396 e. The lowest BCUT2D eigenvalue weighted by molar-refractivity contribution is 0.0972. The minimum Gasteiger partial charge on any atom is -0.396 e. The van der Waals surface area contributed by atoms with Gasteiger partial charge < -0.3 is 11.1 Å². The Kier molecular flexibility index (Phi) is 3.71. The third-order valence-corrected chi connectivity index (χ3v) is 5.42. The van der Waals surface area contributed by atoms with Gasteiger partial charge in [0.15, 0.2) is 5.78 Å². The van der Waals surface area contributed by atoms with Crippen LogP contribution >= 0.6 is 23.1 Å². The van der Waals surface area contributed by atoms with Gasteiger partial charge in [-0.15, -0.1) is 23.1 Å². The molecule has 1 aliphatic carbocycles. The summed E-state index contributed by atoms with van der Waals surface area (Å²) in [7, 11) is 0. The molecular weight excluding hydrogens is 292 g/mol. The molecule has 0 unspecified atom stereocenters. The number of H-pyrrole nitrogens is 1. The molecule has 0 aliphatic heterocycles. The van der Waals surface area contributed by atoms with Crippen LogP contribution in [-0.4, -0.2) is 22.2 Å². The number of anilines is 2. The average Bonchev–Trinajstić information content (AvgIpc) is 3.07. The third kappa shape index (κ3) is 2.55. The number of aromatic nitrogens is 2. The summed E-state index contributed by atoms with van der Waals surface area (Å²) < 4.78 is 0. The number of ketones is 1. The van der Waals surface area contributed by atoms with Crippen molar-refractivity contribution >= 4 is 39.6 Å². The van der Waals surface area contributed by atoms with Gasteiger partial charge in [-0.2, -0.15) is 5.10 Å². The van der Waals surface area contributed by atoms with Crippen molar-refractivity contribution in [3.8, 4) is 0 Å². The molecule has 7 heteroatoms. The Morgan fingerprint density at radius 1 is 1.65 bits per heavy atom. The molecule has 3 rings (SSSR count). The van der Waals surface area contributed by atoms with E-state index in [1.165, 1.54) is 11.3 Å². The number of rotatable bonds is 6. The van der Waals surface area contributed by atoms with Gasteiger partial charge in [0.2, 0.25) is 0 Å². The first-order valence-electron chi connectivity index (χ1n) is 6.42. The summed E-state index contributed by atoms with van der Waals surface area (Å²) in [6.07, 6.45) is 7.61. The first-order chi connectivity index (χ1) is 9.70. The number of hydrogen-bond acceptors (Lipinski definition) is 6. The van der Waals surface area contributed by atoms with E-state index < -0.39 is 0 Å². The van der Waals surface area contributed by atoms with Gasteiger partial charge in [-0.1, -0.05) is 0 Å². The molecule has 1 aliphatic rings. The summed E-state index contributed by atoms with van der Waals surface area (Å²) in [5.41, 5.74) is 7.84. The van der Waals surface area contributed by atoms with Crippen molar-refractivity contribution in [3.05, 3.63) is 22.8 Å². The van der Waals surface area contributed by atoms with Gasteiger partial charge >= 0.3 is 0 Å². The molecule has 20 heavy (non-hydrogen) atoms. The molecule has 1 saturated carbocycles. The van der Waals surface area contributed by atoms with E-state index in [2.05, 4.69) is 15.5 Å². The van der Waals surface area contributed by atoms with Crippen molar-refractivity contribution in [1.82, 2.24) is 10.2 Å². The first kappa shape index (κ1) is 13.5. The molecular formula is C13H16N4OS2. The van der Waals surface area contributed by atoms with E-state index in [-0.39, 0.29) is 11.7 Å². The number of Topliss-reactive ketones (excluding diaryl/α,β-unsaturated/α-hetero) is 1. The second kappa shape index (κ2) is 5.49. The molecule has 0 amide bonds. The topological polar surface area (TPSA) is 83.8 Å². The van der Waals surface area contributed by atoms with Gasteiger partial charge in [-0.05, 0) is 19.1 Å². The van der Waals surface area contributed by atoms with Crippen LogP contribution in [0.4, 0.5) is 10.7 Å². The quantitative estimate of drug-likeness (QED) is 0.564. The Morgan fingerprint density at radius 2 is 2.45 bits per heavy atom. The fourth-order valence-electron chi connectivity index (χ4n) is 2.02. The number of carbonyl (C=O) groups is 1. The first-order valence-corrected chi connectivity index (χ1v) is 8.46. The van der Waals surface area contributed by atoms with E-state index in [0.717, 1.165) is 28.3 Å². The van der Waals surface area contributed by atoms with Crippen LogP contribution in [0.15, 0.2) is 17.3 Å². The monoisotopic (exact) mass is 308 g/mol. The van der Waals surface area contributed by atoms with Crippen molar-refractivity contribution in [2.45, 2.75) is 24.3 Å². The number of hydrogen-bond donors (Lipinski definition) is 3. The summed E-state index contributed by atoms with van der Waals surface area (Å²) in [6, 6.07) is 0. The summed E-state index contributed by atoms with van der Waals surface area (Å²) in [4.78, 5) is 13.9. The third-order valence-electron chi connectivity index (χ3n) is 3.28. The standard InChI is InChI=1S/C13H16N4OS2/c1-19-12-9(14)11(10(18)8-2-3-8)20-13(12)15-4-7-5-16-17-6-7/h5-6,8,15H,2-4,14H2,1H3,(H,16,17). The molecule has 106 valence electrons. The van der Waals surface area contributed by atoms with E-state index in [0.29, 0.717) is 17.1 Å². The molecule has 4 N–H and O–H groups in total. The zero-order chi connectivity index (χ0) is 14.1. The van der Waals surface area contributed by atoms with Gasteiger partial charge in [-0.25, -0.2) is 0 Å². The SMILES string of the molecule is CSc1c(NCc2cn[nH]c2)sc(C(=O)C2CC2)c1N. The van der Waals surface area contributed by atoms with Gasteiger partial charge in [-0.3, -0.25) is 9.89 Å². The number of thioether (sulfide) groups is 1. The molecule has 2 aromatic rings. The van der Waals surface area contributed by atoms with Crippen molar-refractivity contribution in [2.75, 3.05) is 17.3 Å². The maximum atomic E-state index is 12.2. The Labute approximate surface area is 125 Å². The van der Waals surface area contributed by atoms with E-state index in [1.54, 1.807) is 18.0 Å². The van der Waals surface area contributed by atoms with Crippen LogP contribution in [0.5, 0.6) is 0 Å². The molecule has 0 radical (unpaired) electrons. The second-order valence-electron chi connectivity index (χ2n) is 4.81. The molecule has 1 fully saturated rings. The summed E-state index contributed by atoms with van der Waals surface area (Å²) in [5.74, 6) is 0.409. The number of thiophene rings is 1. The second-order valence-corrected chi connectivity index (χ2v) is 6.64. The molecule has 5 nitrogen and oxygen atoms in total. The Bertz CT molecular complexity index is 617. The van der Waals surface area contributed by atoms with E-state index in [9.17, 15) is 4.79 Å². The smallest absolute Gasteiger partial charge is 0.178 e. The van der Waals surface area contributed by atoms with Crippen molar-refractivity contribution < 1.29 is 4.79 Å². The number of nitrogens with one attached hydrogen (secondary N) is 2. The van der Waals surface area contributed by atoms with Crippen LogP contribution in [0.3, 0.4) is 0 Å². The van der Waals surface area contributed by atoms with Crippen LogP contribution in [0.2, 0.25) is 0 Å². The molecule has 0 aromatic carbocycles. The fraction of sp³-hybridized carbons (Fsp3) is 0.385. The maximum absolute atomic E-state index is 12.2. The molecule has 0 bridgehead atoms. The molecule has 2 heterocycles. The Morgan fingerprint density at radius 3 is 3.05 bits per heavy atom. The van der Waals surface area contributed by atoms with Crippen molar-refractivity contribution in [3.63, 3.8) is 0 Å². The molecule has 0 atom stereocenters. The Hall–Kier alpha value is -1.47. The zero-order valence-electron chi connectivity index (χ0n) is 11.1. The number of nitrogen functional groups attached to an aromatic ring is 1. The lowest BCUT2D eigenvalue weighted by Gasteiger charge is -2.04. The number of nitrogens with two attached hydrogens (primary N) is 1. The fourth-order valence-corrected chi connectivity index (χ4v) is 4.07. The van der Waals surface area contributed by atoms with Crippen LogP contribution in [0.25, 0.3) is 0 Å². The van der Waals surface area contributed by atoms with E-state index in [1.807, 2.05) is 12.5 Å². The minimum atomic E-state index is 0.201. The minimum absolute atomic E-state index is 0.201. The lowest BCUT2D eigenvalue weighted by atomic mass is 10.2. The highest BCUT2D eigenvalue weighted by Crippen LogP contribution is 2.45. The molecule has 2 aromatic heterocycles. The van der Waals surface area contributed by atoms with Gasteiger partial charge in [0.1, 0.15) is 5.00 Å². The Balaban J connectivity index is 1.82. The van der Waals surface area contributed by atoms with Crippen LogP contribution in [0.1, 0.15) is 28.1 Å². The summed E-state index contributed by atoms with van der Waals surface area (Å²) in [6.45, 7) is 0.668. The lowest BCUT2D eigenvalue weighted by Crippen LogP contribution is -2.02. The average molecular weight is 308 g/mol. The number of carbonyl (C=O) groups excluding carboxylic acids is 1. The van der Waals surface area contributed by atoms with E-state index >= 15 is 0 Å². The van der Waals surface area contributed by atoms with Crippen molar-refractivity contribution in [1.29, 1.82) is 0 Å². The maximum Gasteiger partial charge on any atom is 0.178 e. The number of aromatic amines is 1. The number of nitrogens with zero attached hydrogens (tertiary/aromatic N) is 1. The van der Waals surface area contributed by atoms with E-state index in [4.69, 9.17) is 5.73 Å². The van der Waals surface area contributed by atoms with Gasteiger partial charge in [0.25, 0.3) is 0 Å². The molecule has 0 spiro atoms. The van der Waals surface area contributed by atoms with Crippen molar-refractivity contribution in [2.24, 2.45) is 5.92 Å². The van der Waals surface area contributed by atoms with Gasteiger partial charge in [0.05, 0.1) is 21.7 Å². The normalized spacial score (nSPS) is 14.4. The van der Waals surface area contributed by atoms with Gasteiger partial charge in [0, 0.05) is 24.2 Å². The predicted octanol–water partition coefficient (Wildman–Crippen LogP) is 2.98. The summed E-state index contributed by atoms with van der Waals surface area (Å²) in [5, 5.41) is 11.0. The zero-order valence-corrected chi connectivity index (χ0v) is 12.7.